The largest absolute Gasteiger partial charge is 0.352 e. The average Bonchev–Trinajstić information content (AvgIpc) is 2.39. The van der Waals surface area contributed by atoms with Crippen LogP contribution in [-0.4, -0.2) is 47.9 Å². The molecule has 0 aromatic carbocycles. The minimum Gasteiger partial charge on any atom is -0.352 e. The molecule has 0 atom stereocenters. The molecule has 0 saturated carbocycles. The fourth-order valence-corrected chi connectivity index (χ4v) is 2.90. The number of rotatable bonds is 2. The number of pyridine rings is 1. The summed E-state index contributed by atoms with van der Waals surface area (Å²) >= 11 is 5.64. The van der Waals surface area contributed by atoms with E-state index >= 15 is 0 Å². The zero-order chi connectivity index (χ0) is 15.9. The van der Waals surface area contributed by atoms with Crippen molar-refractivity contribution in [2.45, 2.75) is 18.8 Å². The highest BCUT2D eigenvalue weighted by Gasteiger charge is 2.41. The molecule has 2 aliphatic rings. The minimum absolute atomic E-state index is 0.0793. The average molecular weight is 334 g/mol. The first-order chi connectivity index (χ1) is 10.4. The molecule has 3 rings (SSSR count). The normalized spacial score (nSPS) is 21.6. The van der Waals surface area contributed by atoms with Crippen LogP contribution in [0.1, 0.15) is 12.8 Å². The van der Waals surface area contributed by atoms with Crippen molar-refractivity contribution < 1.29 is 18.0 Å². The molecular formula is C14H15ClF3N3O. The number of alkyl halides is 2. The van der Waals surface area contributed by atoms with Crippen LogP contribution in [-0.2, 0) is 4.79 Å². The van der Waals surface area contributed by atoms with Gasteiger partial charge in [0, 0.05) is 45.2 Å². The molecule has 2 saturated heterocycles. The van der Waals surface area contributed by atoms with Gasteiger partial charge >= 0.3 is 0 Å². The Hall–Kier alpha value is -1.50. The second kappa shape index (κ2) is 5.61. The van der Waals surface area contributed by atoms with E-state index in [0.29, 0.717) is 13.1 Å². The zero-order valence-corrected chi connectivity index (χ0v) is 12.5. The highest BCUT2D eigenvalue weighted by atomic mass is 35.5. The lowest BCUT2D eigenvalue weighted by Gasteiger charge is -2.42. The smallest absolute Gasteiger partial charge is 0.251 e. The van der Waals surface area contributed by atoms with Crippen LogP contribution < -0.4 is 4.90 Å². The first-order valence-electron chi connectivity index (χ1n) is 7.08. The molecule has 0 radical (unpaired) electrons. The monoisotopic (exact) mass is 333 g/mol. The summed E-state index contributed by atoms with van der Waals surface area (Å²) in [6.45, 7) is 0.848. The van der Waals surface area contributed by atoms with Crippen LogP contribution in [0.25, 0.3) is 0 Å². The molecule has 120 valence electrons. The summed E-state index contributed by atoms with van der Waals surface area (Å²) in [5.74, 6) is -3.46. The lowest BCUT2D eigenvalue weighted by Crippen LogP contribution is -2.56. The zero-order valence-electron chi connectivity index (χ0n) is 11.7. The standard InChI is InChI=1S/C14H15ClF3N3O/c15-10-5-11(16)12(19-6-10)21-7-9(8-21)13(22)20-3-1-14(17,18)2-4-20/h5-6,9H,1-4,7-8H2. The molecule has 2 aliphatic heterocycles. The first kappa shape index (κ1) is 15.4. The van der Waals surface area contributed by atoms with E-state index in [9.17, 15) is 18.0 Å². The number of hydrogen-bond acceptors (Lipinski definition) is 3. The third-order valence-corrected chi connectivity index (χ3v) is 4.33. The van der Waals surface area contributed by atoms with Crippen LogP contribution in [0.3, 0.4) is 0 Å². The van der Waals surface area contributed by atoms with E-state index in [4.69, 9.17) is 11.6 Å². The summed E-state index contributed by atoms with van der Waals surface area (Å²) in [6, 6.07) is 1.17. The van der Waals surface area contributed by atoms with E-state index in [0.717, 1.165) is 0 Å². The molecule has 0 bridgehead atoms. The van der Waals surface area contributed by atoms with Crippen LogP contribution in [0.2, 0.25) is 5.02 Å². The molecule has 1 aromatic heterocycles. The fourth-order valence-electron chi connectivity index (χ4n) is 2.76. The molecular weight excluding hydrogens is 319 g/mol. The predicted molar refractivity (Wildman–Crippen MR) is 75.7 cm³/mol. The van der Waals surface area contributed by atoms with E-state index in [1.807, 2.05) is 0 Å². The summed E-state index contributed by atoms with van der Waals surface area (Å²) < 4.78 is 39.9. The van der Waals surface area contributed by atoms with E-state index in [1.165, 1.54) is 17.2 Å². The number of halogens is 4. The third kappa shape index (κ3) is 2.99. The van der Waals surface area contributed by atoms with Gasteiger partial charge in [-0.3, -0.25) is 4.79 Å². The molecule has 2 fully saturated rings. The van der Waals surface area contributed by atoms with Crippen molar-refractivity contribution in [3.63, 3.8) is 0 Å². The summed E-state index contributed by atoms with van der Waals surface area (Å²) in [5, 5.41) is 0.212. The Morgan fingerprint density at radius 1 is 1.32 bits per heavy atom. The number of aromatic nitrogens is 1. The second-order valence-corrected chi connectivity index (χ2v) is 6.18. The SMILES string of the molecule is O=C(C1CN(c2ncc(Cl)cc2F)C1)N1CCC(F)(F)CC1. The van der Waals surface area contributed by atoms with E-state index < -0.39 is 11.7 Å². The fraction of sp³-hybridized carbons (Fsp3) is 0.571. The maximum atomic E-state index is 13.7. The Morgan fingerprint density at radius 2 is 1.95 bits per heavy atom. The van der Waals surface area contributed by atoms with Gasteiger partial charge in [-0.2, -0.15) is 0 Å². The van der Waals surface area contributed by atoms with Crippen LogP contribution >= 0.6 is 11.6 Å². The van der Waals surface area contributed by atoms with Gasteiger partial charge in [0.05, 0.1) is 10.9 Å². The number of carbonyl (C=O) groups is 1. The van der Waals surface area contributed by atoms with Crippen LogP contribution in [0.5, 0.6) is 0 Å². The Kier molecular flexibility index (Phi) is 3.92. The lowest BCUT2D eigenvalue weighted by atomic mass is 9.96. The van der Waals surface area contributed by atoms with Gasteiger partial charge in [-0.1, -0.05) is 11.6 Å². The number of anilines is 1. The van der Waals surface area contributed by atoms with Crippen molar-refractivity contribution in [1.82, 2.24) is 9.88 Å². The van der Waals surface area contributed by atoms with Crippen molar-refractivity contribution >= 4 is 23.3 Å². The second-order valence-electron chi connectivity index (χ2n) is 5.74. The Labute approximate surface area is 130 Å². The molecule has 0 spiro atoms. The maximum absolute atomic E-state index is 13.7. The van der Waals surface area contributed by atoms with Crippen LogP contribution in [0, 0.1) is 11.7 Å². The highest BCUT2D eigenvalue weighted by Crippen LogP contribution is 2.31. The number of carbonyl (C=O) groups excluding carboxylic acids is 1. The lowest BCUT2D eigenvalue weighted by molar-refractivity contribution is -0.142. The molecule has 0 aliphatic carbocycles. The number of amides is 1. The molecule has 0 N–H and O–H groups in total. The van der Waals surface area contributed by atoms with Gasteiger partial charge in [-0.25, -0.2) is 18.2 Å². The topological polar surface area (TPSA) is 36.4 Å². The van der Waals surface area contributed by atoms with E-state index in [1.54, 1.807) is 4.90 Å². The number of piperidine rings is 1. The summed E-state index contributed by atoms with van der Waals surface area (Å²) in [5.41, 5.74) is 0. The minimum atomic E-state index is -2.67. The van der Waals surface area contributed by atoms with Crippen molar-refractivity contribution in [3.8, 4) is 0 Å². The molecule has 3 heterocycles. The van der Waals surface area contributed by atoms with Gasteiger partial charge in [0.25, 0.3) is 5.92 Å². The van der Waals surface area contributed by atoms with Gasteiger partial charge in [-0.05, 0) is 6.07 Å². The summed E-state index contributed by atoms with van der Waals surface area (Å²) in [4.78, 5) is 19.3. The Morgan fingerprint density at radius 3 is 2.55 bits per heavy atom. The molecule has 1 aromatic rings. The number of hydrogen-bond donors (Lipinski definition) is 0. The van der Waals surface area contributed by atoms with Crippen LogP contribution in [0.15, 0.2) is 12.3 Å². The van der Waals surface area contributed by atoms with Crippen molar-refractivity contribution in [1.29, 1.82) is 0 Å². The Bertz CT molecular complexity index is 583. The van der Waals surface area contributed by atoms with Gasteiger partial charge < -0.3 is 9.80 Å². The molecule has 0 unspecified atom stereocenters. The molecule has 4 nitrogen and oxygen atoms in total. The third-order valence-electron chi connectivity index (χ3n) is 4.13. The number of likely N-dealkylation sites (tertiary alicyclic amines) is 1. The maximum Gasteiger partial charge on any atom is 0.251 e. The van der Waals surface area contributed by atoms with Gasteiger partial charge in [0.2, 0.25) is 5.91 Å². The van der Waals surface area contributed by atoms with E-state index in [2.05, 4.69) is 4.98 Å². The van der Waals surface area contributed by atoms with Crippen molar-refractivity contribution in [2.24, 2.45) is 5.92 Å². The number of nitrogens with zero attached hydrogens (tertiary/aromatic N) is 3. The summed E-state index contributed by atoms with van der Waals surface area (Å²) in [6.07, 6.45) is 0.771. The highest BCUT2D eigenvalue weighted by molar-refractivity contribution is 6.30. The van der Waals surface area contributed by atoms with Crippen molar-refractivity contribution in [3.05, 3.63) is 23.1 Å². The van der Waals surface area contributed by atoms with Crippen LogP contribution in [0.4, 0.5) is 19.0 Å². The van der Waals surface area contributed by atoms with Gasteiger partial charge in [0.1, 0.15) is 0 Å². The quantitative estimate of drug-likeness (QED) is 0.834. The molecule has 22 heavy (non-hydrogen) atoms. The van der Waals surface area contributed by atoms with Crippen molar-refractivity contribution in [2.75, 3.05) is 31.1 Å². The molecule has 8 heteroatoms. The van der Waals surface area contributed by atoms with Gasteiger partial charge in [-0.15, -0.1) is 0 Å². The first-order valence-corrected chi connectivity index (χ1v) is 7.46. The van der Waals surface area contributed by atoms with E-state index in [-0.39, 0.29) is 48.6 Å². The van der Waals surface area contributed by atoms with Gasteiger partial charge in [0.15, 0.2) is 11.6 Å². The predicted octanol–water partition coefficient (Wildman–Crippen LogP) is 2.57. The Balaban J connectivity index is 1.56. The summed E-state index contributed by atoms with van der Waals surface area (Å²) in [7, 11) is 0. The molecule has 1 amide bonds.